The fourth-order valence-electron chi connectivity index (χ4n) is 1.10. The average Bonchev–Trinajstić information content (AvgIpc) is 2.21. The van der Waals surface area contributed by atoms with E-state index < -0.39 is 0 Å². The van der Waals surface area contributed by atoms with Crippen LogP contribution in [0, 0.1) is 0 Å². The number of benzene rings is 1. The normalized spacial score (nSPS) is 8.92. The van der Waals surface area contributed by atoms with Crippen LogP contribution < -0.4 is 5.56 Å². The lowest BCUT2D eigenvalue weighted by atomic mass is 10.2. The highest BCUT2D eigenvalue weighted by atomic mass is 16.1. The SMILES string of the molecule is C=C.O=c1ccc2ccccc2[nH]1. The average molecular weight is 173 g/mol. The third kappa shape index (κ3) is 2.06. The molecule has 0 spiro atoms. The molecule has 0 aliphatic rings. The Morgan fingerprint density at radius 2 is 1.69 bits per heavy atom. The zero-order valence-corrected chi connectivity index (χ0v) is 7.29. The van der Waals surface area contributed by atoms with Crippen molar-refractivity contribution in [2.75, 3.05) is 0 Å². The second-order valence-corrected chi connectivity index (χ2v) is 2.41. The van der Waals surface area contributed by atoms with Crippen LogP contribution in [0.15, 0.2) is 54.4 Å². The van der Waals surface area contributed by atoms with Gasteiger partial charge in [0, 0.05) is 11.6 Å². The van der Waals surface area contributed by atoms with E-state index in [1.165, 1.54) is 6.07 Å². The molecule has 0 aliphatic carbocycles. The molecular weight excluding hydrogens is 162 g/mol. The van der Waals surface area contributed by atoms with Gasteiger partial charge in [-0.2, -0.15) is 0 Å². The smallest absolute Gasteiger partial charge is 0.248 e. The Morgan fingerprint density at radius 1 is 1.00 bits per heavy atom. The van der Waals surface area contributed by atoms with E-state index in [9.17, 15) is 4.79 Å². The summed E-state index contributed by atoms with van der Waals surface area (Å²) >= 11 is 0. The molecule has 2 rings (SSSR count). The number of rotatable bonds is 0. The van der Waals surface area contributed by atoms with E-state index >= 15 is 0 Å². The van der Waals surface area contributed by atoms with Gasteiger partial charge in [-0.1, -0.05) is 18.2 Å². The number of pyridine rings is 1. The summed E-state index contributed by atoms with van der Waals surface area (Å²) in [7, 11) is 0. The van der Waals surface area contributed by atoms with Crippen molar-refractivity contribution in [3.8, 4) is 0 Å². The van der Waals surface area contributed by atoms with Gasteiger partial charge in [-0.05, 0) is 17.5 Å². The van der Waals surface area contributed by atoms with Crippen LogP contribution in [0.2, 0.25) is 0 Å². The first-order valence-electron chi connectivity index (χ1n) is 3.94. The predicted molar refractivity (Wildman–Crippen MR) is 55.8 cm³/mol. The minimum absolute atomic E-state index is 0.0521. The Morgan fingerprint density at radius 3 is 2.46 bits per heavy atom. The Kier molecular flexibility index (Phi) is 3.03. The summed E-state index contributed by atoms with van der Waals surface area (Å²) in [6.07, 6.45) is 0. The van der Waals surface area contributed by atoms with Crippen molar-refractivity contribution < 1.29 is 0 Å². The van der Waals surface area contributed by atoms with Crippen LogP contribution in [0.1, 0.15) is 0 Å². The summed E-state index contributed by atoms with van der Waals surface area (Å²) in [5.74, 6) is 0. The van der Waals surface area contributed by atoms with E-state index in [4.69, 9.17) is 0 Å². The molecule has 0 fully saturated rings. The van der Waals surface area contributed by atoms with Crippen molar-refractivity contribution in [3.05, 3.63) is 59.9 Å². The molecule has 2 nitrogen and oxygen atoms in total. The molecule has 0 atom stereocenters. The van der Waals surface area contributed by atoms with E-state index in [2.05, 4.69) is 18.1 Å². The van der Waals surface area contributed by atoms with E-state index in [1.54, 1.807) is 0 Å². The lowest BCUT2D eigenvalue weighted by molar-refractivity contribution is 1.31. The fourth-order valence-corrected chi connectivity index (χ4v) is 1.10. The molecule has 2 aromatic rings. The number of para-hydroxylation sites is 1. The molecule has 1 aromatic heterocycles. The topological polar surface area (TPSA) is 32.9 Å². The predicted octanol–water partition coefficient (Wildman–Crippen LogP) is 2.33. The molecule has 2 heteroatoms. The number of fused-ring (bicyclic) bond motifs is 1. The highest BCUT2D eigenvalue weighted by Crippen LogP contribution is 2.06. The van der Waals surface area contributed by atoms with Crippen LogP contribution in [0.3, 0.4) is 0 Å². The molecule has 1 aromatic carbocycles. The third-order valence-electron chi connectivity index (χ3n) is 1.63. The molecule has 1 N–H and O–H groups in total. The standard InChI is InChI=1S/C9H7NO.C2H4/c11-9-6-5-7-3-1-2-4-8(7)10-9;1-2/h1-6H,(H,10,11);1-2H2. The molecule has 0 amide bonds. The van der Waals surface area contributed by atoms with E-state index in [0.29, 0.717) is 0 Å². The van der Waals surface area contributed by atoms with Gasteiger partial charge in [-0.25, -0.2) is 0 Å². The van der Waals surface area contributed by atoms with Crippen LogP contribution >= 0.6 is 0 Å². The van der Waals surface area contributed by atoms with Gasteiger partial charge in [0.2, 0.25) is 5.56 Å². The first kappa shape index (κ1) is 9.26. The number of nitrogens with one attached hydrogen (secondary N) is 1. The van der Waals surface area contributed by atoms with Gasteiger partial charge in [0.25, 0.3) is 0 Å². The van der Waals surface area contributed by atoms with Gasteiger partial charge in [-0.3, -0.25) is 4.79 Å². The summed E-state index contributed by atoms with van der Waals surface area (Å²) < 4.78 is 0. The van der Waals surface area contributed by atoms with E-state index in [0.717, 1.165) is 10.9 Å². The molecule has 66 valence electrons. The fraction of sp³-hybridized carbons (Fsp3) is 0. The van der Waals surface area contributed by atoms with Crippen LogP contribution in [0.4, 0.5) is 0 Å². The van der Waals surface area contributed by atoms with Crippen LogP contribution in [-0.4, -0.2) is 4.98 Å². The number of aromatic nitrogens is 1. The molecule has 13 heavy (non-hydrogen) atoms. The Hall–Kier alpha value is -1.83. The number of hydrogen-bond acceptors (Lipinski definition) is 1. The van der Waals surface area contributed by atoms with Crippen molar-refractivity contribution in [1.29, 1.82) is 0 Å². The van der Waals surface area contributed by atoms with Gasteiger partial charge in [-0.15, -0.1) is 13.2 Å². The van der Waals surface area contributed by atoms with Crippen molar-refractivity contribution >= 4 is 10.9 Å². The lowest BCUT2D eigenvalue weighted by Gasteiger charge is -1.93. The Balaban J connectivity index is 0.000000396. The number of aromatic amines is 1. The van der Waals surface area contributed by atoms with Crippen molar-refractivity contribution in [1.82, 2.24) is 4.98 Å². The van der Waals surface area contributed by atoms with Crippen LogP contribution in [0.25, 0.3) is 10.9 Å². The first-order chi connectivity index (χ1) is 6.36. The molecule has 0 saturated heterocycles. The third-order valence-corrected chi connectivity index (χ3v) is 1.63. The van der Waals surface area contributed by atoms with Crippen LogP contribution in [0.5, 0.6) is 0 Å². The van der Waals surface area contributed by atoms with Gasteiger partial charge in [0.05, 0.1) is 0 Å². The Labute approximate surface area is 76.5 Å². The lowest BCUT2D eigenvalue weighted by Crippen LogP contribution is -2.01. The van der Waals surface area contributed by atoms with Gasteiger partial charge >= 0.3 is 0 Å². The highest BCUT2D eigenvalue weighted by Gasteiger charge is 1.89. The summed E-state index contributed by atoms with van der Waals surface area (Å²) in [5.41, 5.74) is 0.837. The number of hydrogen-bond donors (Lipinski definition) is 1. The van der Waals surface area contributed by atoms with Gasteiger partial charge in [0.1, 0.15) is 0 Å². The highest BCUT2D eigenvalue weighted by molar-refractivity contribution is 5.77. The molecule has 0 aliphatic heterocycles. The maximum absolute atomic E-state index is 10.8. The maximum atomic E-state index is 10.8. The monoisotopic (exact) mass is 173 g/mol. The minimum atomic E-state index is -0.0521. The first-order valence-corrected chi connectivity index (χ1v) is 3.94. The van der Waals surface area contributed by atoms with Crippen molar-refractivity contribution in [2.45, 2.75) is 0 Å². The number of H-pyrrole nitrogens is 1. The van der Waals surface area contributed by atoms with Gasteiger partial charge in [0.15, 0.2) is 0 Å². The summed E-state index contributed by atoms with van der Waals surface area (Å²) in [5, 5.41) is 1.06. The molecular formula is C11H11NO. The zero-order valence-electron chi connectivity index (χ0n) is 7.29. The van der Waals surface area contributed by atoms with Crippen LogP contribution in [-0.2, 0) is 0 Å². The largest absolute Gasteiger partial charge is 0.322 e. The molecule has 0 bridgehead atoms. The summed E-state index contributed by atoms with van der Waals surface area (Å²) in [6, 6.07) is 11.0. The molecule has 0 unspecified atom stereocenters. The molecule has 0 radical (unpaired) electrons. The summed E-state index contributed by atoms with van der Waals surface area (Å²) in [6.45, 7) is 6.00. The van der Waals surface area contributed by atoms with E-state index in [1.807, 2.05) is 30.3 Å². The second kappa shape index (κ2) is 4.26. The van der Waals surface area contributed by atoms with E-state index in [-0.39, 0.29) is 5.56 Å². The zero-order chi connectivity index (χ0) is 9.68. The molecule has 0 saturated carbocycles. The minimum Gasteiger partial charge on any atom is -0.322 e. The Bertz CT molecular complexity index is 445. The maximum Gasteiger partial charge on any atom is 0.248 e. The molecule has 1 heterocycles. The van der Waals surface area contributed by atoms with Crippen molar-refractivity contribution in [3.63, 3.8) is 0 Å². The van der Waals surface area contributed by atoms with Crippen molar-refractivity contribution in [2.24, 2.45) is 0 Å². The summed E-state index contributed by atoms with van der Waals surface area (Å²) in [4.78, 5) is 13.6. The quantitative estimate of drug-likeness (QED) is 0.609. The van der Waals surface area contributed by atoms with Gasteiger partial charge < -0.3 is 4.98 Å². The second-order valence-electron chi connectivity index (χ2n) is 2.41.